The van der Waals surface area contributed by atoms with Gasteiger partial charge in [0.05, 0.1) is 44.1 Å². The number of benzene rings is 22. The van der Waals surface area contributed by atoms with E-state index in [2.05, 4.69) is 540 Å². The molecule has 0 aliphatic heterocycles. The van der Waals surface area contributed by atoms with E-state index in [1.807, 2.05) is 0 Å². The van der Waals surface area contributed by atoms with E-state index in [0.717, 1.165) is 22.6 Å². The maximum Gasteiger partial charge on any atom is 0.0541 e. The Morgan fingerprint density at radius 3 is 0.568 bits per heavy atom. The van der Waals surface area contributed by atoms with Crippen LogP contribution in [-0.4, -0.2) is 18.3 Å². The second-order valence-corrected chi connectivity index (χ2v) is 34.2. The van der Waals surface area contributed by atoms with Crippen LogP contribution in [0.3, 0.4) is 0 Å². The Bertz CT molecular complexity index is 8320. The number of fused-ring (bicyclic) bond motifs is 14. The Balaban J connectivity index is 0.000000110. The molecule has 0 N–H and O–H groups in total. The number of para-hydroxylation sites is 8. The SMILES string of the molecule is c1cc(-c2cc(-c3cccc4ccccc34)cc(-c3cccc4ccccc34)c2)cc(-n2c3ccccc3c3ccccc32)c1.c1ccc(-c2cc(-c3ccccc3)cc(-c3cc(-n4c5ccccc5c5ccccc54)cc(-n4c5ccccc5c5ccccc54)c3)c2)cc1.c1ccc(-c2cc(-c3ccccc3)cc(-c3cccc(-n4c5ccccc5c5ccccc54)c3)c2)cc1. The maximum absolute atomic E-state index is 2.44. The quantitative estimate of drug-likeness (QED) is 0.110. The topological polar surface area (TPSA) is 19.7 Å². The molecule has 4 heterocycles. The van der Waals surface area contributed by atoms with E-state index in [9.17, 15) is 0 Å². The lowest BCUT2D eigenvalue weighted by Crippen LogP contribution is -2.00. The number of rotatable bonds is 13. The van der Waals surface area contributed by atoms with Gasteiger partial charge in [0.2, 0.25) is 0 Å². The highest BCUT2D eigenvalue weighted by Gasteiger charge is 2.22. The largest absolute Gasteiger partial charge is 0.309 e. The summed E-state index contributed by atoms with van der Waals surface area (Å²) in [5.41, 5.74) is 36.0. The van der Waals surface area contributed by atoms with Crippen molar-refractivity contribution >= 4 is 109 Å². The van der Waals surface area contributed by atoms with Crippen LogP contribution in [0.4, 0.5) is 0 Å². The first-order valence-electron chi connectivity index (χ1n) is 45.4. The predicted molar refractivity (Wildman–Crippen MR) is 561 cm³/mol. The first-order valence-corrected chi connectivity index (χ1v) is 45.4. The molecule has 132 heavy (non-hydrogen) atoms. The molecule has 0 spiro atoms. The molecule has 0 aliphatic carbocycles. The molecule has 4 heteroatoms. The molecule has 0 radical (unpaired) electrons. The summed E-state index contributed by atoms with van der Waals surface area (Å²) in [7, 11) is 0. The Hall–Kier alpha value is -17.4. The Morgan fingerprint density at radius 1 is 0.0985 bits per heavy atom. The van der Waals surface area contributed by atoms with E-state index in [1.54, 1.807) is 0 Å². The van der Waals surface area contributed by atoms with Crippen LogP contribution < -0.4 is 0 Å². The average Bonchev–Trinajstić information content (AvgIpc) is 1.55. The predicted octanol–water partition coefficient (Wildman–Crippen LogP) is 34.8. The lowest BCUT2D eigenvalue weighted by Gasteiger charge is -2.17. The van der Waals surface area contributed by atoms with E-state index in [0.29, 0.717) is 0 Å². The molecule has 4 nitrogen and oxygen atoms in total. The van der Waals surface area contributed by atoms with Crippen LogP contribution in [0.2, 0.25) is 0 Å². The zero-order chi connectivity index (χ0) is 87.4. The standard InChI is InChI=1S/C48H32N2.C44H29N.C36H25N/c1-3-15-33(16-4-1)35-27-36(34-17-5-2-6-18-34)29-37(28-35)38-30-39(49-45-23-11-7-19-41(45)42-20-8-12-24-46(42)49)32-40(31-38)50-47-25-13-9-21-43(47)44-22-10-14-26-48(44)50;1-3-18-37-30(12-1)14-10-22-39(37)34-26-33(27-35(28-34)40-23-11-15-31-13-2-4-19-38(31)40)32-16-9-17-36(29-32)45-43-24-7-5-20-41(43)42-21-6-8-25-44(42)45;1-3-12-26(13-4-1)29-22-30(27-14-5-2-6-15-27)24-31(23-29)28-16-11-17-32(25-28)37-35-20-9-7-18-33(35)34-19-8-10-21-36(34)37/h1-32H;1-29H;1-25H. The summed E-state index contributed by atoms with van der Waals surface area (Å²) >= 11 is 0. The van der Waals surface area contributed by atoms with Gasteiger partial charge in [-0.15, -0.1) is 0 Å². The van der Waals surface area contributed by atoms with Gasteiger partial charge in [-0.3, -0.25) is 0 Å². The Kier molecular flexibility index (Phi) is 19.9. The Morgan fingerprint density at radius 2 is 0.280 bits per heavy atom. The second-order valence-electron chi connectivity index (χ2n) is 34.2. The van der Waals surface area contributed by atoms with Gasteiger partial charge in [0.1, 0.15) is 0 Å². The van der Waals surface area contributed by atoms with Crippen molar-refractivity contribution in [3.63, 3.8) is 0 Å². The first-order chi connectivity index (χ1) is 65.5. The average molecular weight is 1680 g/mol. The van der Waals surface area contributed by atoms with Crippen LogP contribution in [0.1, 0.15) is 0 Å². The van der Waals surface area contributed by atoms with Crippen LogP contribution in [0.15, 0.2) is 522 Å². The fraction of sp³-hybridized carbons (Fsp3) is 0. The van der Waals surface area contributed by atoms with Crippen molar-refractivity contribution in [1.29, 1.82) is 0 Å². The fourth-order valence-electron chi connectivity index (χ4n) is 20.3. The summed E-state index contributed by atoms with van der Waals surface area (Å²) in [4.78, 5) is 0. The molecule has 0 amide bonds. The van der Waals surface area contributed by atoms with Crippen molar-refractivity contribution in [2.45, 2.75) is 0 Å². The molecular formula is C128H86N4. The van der Waals surface area contributed by atoms with E-state index in [4.69, 9.17) is 0 Å². The zero-order valence-electron chi connectivity index (χ0n) is 72.4. The van der Waals surface area contributed by atoms with Crippen molar-refractivity contribution in [2.75, 3.05) is 0 Å². The van der Waals surface area contributed by atoms with Gasteiger partial charge < -0.3 is 18.3 Å². The van der Waals surface area contributed by atoms with Crippen LogP contribution >= 0.6 is 0 Å². The molecule has 26 aromatic rings. The third-order valence-electron chi connectivity index (χ3n) is 26.4. The van der Waals surface area contributed by atoms with Gasteiger partial charge in [0, 0.05) is 65.8 Å². The Labute approximate surface area is 766 Å². The lowest BCUT2D eigenvalue weighted by atomic mass is 9.90. The summed E-state index contributed by atoms with van der Waals surface area (Å²) in [6.45, 7) is 0. The van der Waals surface area contributed by atoms with Gasteiger partial charge in [-0.1, -0.05) is 376 Å². The molecule has 22 aromatic carbocycles. The van der Waals surface area contributed by atoms with Gasteiger partial charge in [-0.2, -0.15) is 0 Å². The molecular weight excluding hydrogens is 1590 g/mol. The van der Waals surface area contributed by atoms with Crippen LogP contribution in [0.5, 0.6) is 0 Å². The van der Waals surface area contributed by atoms with Crippen LogP contribution in [0.25, 0.3) is 232 Å². The highest BCUT2D eigenvalue weighted by Crippen LogP contribution is 2.45. The van der Waals surface area contributed by atoms with Crippen LogP contribution in [-0.2, 0) is 0 Å². The number of hydrogen-bond acceptors (Lipinski definition) is 0. The first kappa shape index (κ1) is 78.1. The van der Waals surface area contributed by atoms with Crippen molar-refractivity contribution < 1.29 is 0 Å². The third-order valence-corrected chi connectivity index (χ3v) is 26.4. The van der Waals surface area contributed by atoms with Gasteiger partial charge in [-0.05, 0) is 267 Å². The van der Waals surface area contributed by atoms with E-state index in [1.165, 1.54) is 209 Å². The summed E-state index contributed by atoms with van der Waals surface area (Å²) < 4.78 is 9.65. The lowest BCUT2D eigenvalue weighted by molar-refractivity contribution is 1.13. The summed E-state index contributed by atoms with van der Waals surface area (Å²) in [5.74, 6) is 0. The smallest absolute Gasteiger partial charge is 0.0541 e. The molecule has 0 unspecified atom stereocenters. The minimum Gasteiger partial charge on any atom is -0.309 e. The number of aromatic nitrogens is 4. The van der Waals surface area contributed by atoms with Crippen LogP contribution in [0, 0.1) is 0 Å². The maximum atomic E-state index is 2.44. The molecule has 0 atom stereocenters. The van der Waals surface area contributed by atoms with E-state index >= 15 is 0 Å². The molecule has 0 fully saturated rings. The summed E-state index contributed by atoms with van der Waals surface area (Å²) in [5, 5.41) is 15.1. The molecule has 0 aliphatic rings. The minimum absolute atomic E-state index is 1.13. The second kappa shape index (κ2) is 33.7. The molecule has 4 aromatic heterocycles. The van der Waals surface area contributed by atoms with Gasteiger partial charge >= 0.3 is 0 Å². The normalized spacial score (nSPS) is 11.5. The highest BCUT2D eigenvalue weighted by molar-refractivity contribution is 6.14. The minimum atomic E-state index is 1.13. The monoisotopic (exact) mass is 1680 g/mol. The van der Waals surface area contributed by atoms with E-state index < -0.39 is 0 Å². The molecule has 26 rings (SSSR count). The summed E-state index contributed by atoms with van der Waals surface area (Å²) in [6.07, 6.45) is 0. The molecule has 0 bridgehead atoms. The van der Waals surface area contributed by atoms with Crippen molar-refractivity contribution in [2.24, 2.45) is 0 Å². The highest BCUT2D eigenvalue weighted by atomic mass is 15.0. The molecule has 618 valence electrons. The number of nitrogens with zero attached hydrogens (tertiary/aromatic N) is 4. The molecule has 0 saturated carbocycles. The summed E-state index contributed by atoms with van der Waals surface area (Å²) in [6, 6.07) is 189. The van der Waals surface area contributed by atoms with Crippen molar-refractivity contribution in [1.82, 2.24) is 18.3 Å². The van der Waals surface area contributed by atoms with E-state index in [-0.39, 0.29) is 0 Å². The van der Waals surface area contributed by atoms with Crippen molar-refractivity contribution in [3.8, 4) is 123 Å². The third kappa shape index (κ3) is 14.3. The van der Waals surface area contributed by atoms with Gasteiger partial charge in [-0.25, -0.2) is 0 Å². The number of hydrogen-bond donors (Lipinski definition) is 0. The molecule has 0 saturated heterocycles. The van der Waals surface area contributed by atoms with Gasteiger partial charge in [0.25, 0.3) is 0 Å². The van der Waals surface area contributed by atoms with Crippen molar-refractivity contribution in [3.05, 3.63) is 522 Å². The zero-order valence-corrected chi connectivity index (χ0v) is 72.4. The van der Waals surface area contributed by atoms with Gasteiger partial charge in [0.15, 0.2) is 0 Å². The fourth-order valence-corrected chi connectivity index (χ4v) is 20.3.